The summed E-state index contributed by atoms with van der Waals surface area (Å²) in [6.45, 7) is 0.113. The van der Waals surface area contributed by atoms with E-state index in [1.807, 2.05) is 24.3 Å². The highest BCUT2D eigenvalue weighted by atomic mass is 31.0. The number of ether oxygens (including phenoxy) is 1. The molecule has 0 radical (unpaired) electrons. The number of benzene rings is 2. The molecule has 3 rings (SSSR count). The third-order valence-electron chi connectivity index (χ3n) is 4.56. The molecule has 3 nitrogen and oxygen atoms in total. The Morgan fingerprint density at radius 2 is 1.74 bits per heavy atom. The molecule has 1 aliphatic carbocycles. The molecule has 1 atom stereocenters. The molecule has 6 heteroatoms. The van der Waals surface area contributed by atoms with Gasteiger partial charge in [0.25, 0.3) is 5.92 Å². The van der Waals surface area contributed by atoms with Crippen LogP contribution in [0.5, 0.6) is 5.75 Å². The Bertz CT molecular complexity index is 843. The Morgan fingerprint density at radius 3 is 2.37 bits per heavy atom. The van der Waals surface area contributed by atoms with E-state index in [0.29, 0.717) is 23.3 Å². The Labute approximate surface area is 159 Å². The van der Waals surface area contributed by atoms with Gasteiger partial charge in [-0.05, 0) is 46.1 Å². The summed E-state index contributed by atoms with van der Waals surface area (Å²) in [6.07, 6.45) is -0.0406. The van der Waals surface area contributed by atoms with Crippen molar-refractivity contribution < 1.29 is 23.4 Å². The predicted octanol–water partition coefficient (Wildman–Crippen LogP) is 4.47. The lowest BCUT2D eigenvalue weighted by Crippen LogP contribution is -2.11. The normalized spacial score (nSPS) is 15.8. The van der Waals surface area contributed by atoms with Crippen molar-refractivity contribution in [2.75, 3.05) is 6.61 Å². The molecular weight excluding hydrogens is 369 g/mol. The lowest BCUT2D eigenvalue weighted by molar-refractivity contribution is -0.136. The number of carboxylic acid groups (broad SMARTS) is 1. The number of hydrogen-bond acceptors (Lipinski definition) is 2. The molecule has 0 heterocycles. The standard InChI is InChI=1S/C21H21F2O3P/c22-21(23)11-16(19(12-21)15-4-8-18(27)9-5-15)13-26-17-6-1-14(2-7-17)3-10-20(24)25/h1-2,4-9H,3,10-13,27H2,(H,24,25). The first-order valence-corrected chi connectivity index (χ1v) is 9.28. The SMILES string of the molecule is O=C(O)CCc1ccc(OCC2=C(c3ccc(P)cc3)CC(F)(F)C2)cc1. The number of carboxylic acids is 1. The number of hydrogen-bond donors (Lipinski definition) is 1. The molecule has 0 saturated carbocycles. The van der Waals surface area contributed by atoms with Crippen molar-refractivity contribution in [2.24, 2.45) is 0 Å². The lowest BCUT2D eigenvalue weighted by atomic mass is 10.0. The summed E-state index contributed by atoms with van der Waals surface area (Å²) in [5.74, 6) is -3.00. The van der Waals surface area contributed by atoms with Crippen LogP contribution in [0.15, 0.2) is 54.1 Å². The van der Waals surface area contributed by atoms with E-state index in [4.69, 9.17) is 9.84 Å². The van der Waals surface area contributed by atoms with E-state index in [2.05, 4.69) is 9.24 Å². The van der Waals surface area contributed by atoms with Crippen LogP contribution < -0.4 is 10.0 Å². The Kier molecular flexibility index (Phi) is 5.91. The van der Waals surface area contributed by atoms with Crippen LogP contribution in [0.3, 0.4) is 0 Å². The van der Waals surface area contributed by atoms with E-state index in [9.17, 15) is 13.6 Å². The van der Waals surface area contributed by atoms with Gasteiger partial charge in [0.15, 0.2) is 0 Å². The molecule has 0 fully saturated rings. The molecule has 1 aliphatic rings. The summed E-state index contributed by atoms with van der Waals surface area (Å²) in [6, 6.07) is 14.6. The minimum absolute atomic E-state index is 0.0700. The number of carbonyl (C=O) groups is 1. The molecule has 2 aromatic carbocycles. The molecule has 1 N–H and O–H groups in total. The zero-order valence-electron chi connectivity index (χ0n) is 14.8. The summed E-state index contributed by atoms with van der Waals surface area (Å²) < 4.78 is 33.7. The quantitative estimate of drug-likeness (QED) is 0.710. The second kappa shape index (κ2) is 8.18. The van der Waals surface area contributed by atoms with Gasteiger partial charge in [0, 0.05) is 19.3 Å². The fourth-order valence-electron chi connectivity index (χ4n) is 3.17. The highest BCUT2D eigenvalue weighted by Gasteiger charge is 2.39. The van der Waals surface area contributed by atoms with Crippen LogP contribution in [-0.4, -0.2) is 23.6 Å². The zero-order chi connectivity index (χ0) is 19.4. The van der Waals surface area contributed by atoms with Crippen LogP contribution in [0, 0.1) is 0 Å². The third-order valence-corrected chi connectivity index (χ3v) is 4.94. The minimum atomic E-state index is -2.74. The highest BCUT2D eigenvalue weighted by molar-refractivity contribution is 7.27. The highest BCUT2D eigenvalue weighted by Crippen LogP contribution is 2.43. The average Bonchev–Trinajstić information content (AvgIpc) is 2.94. The van der Waals surface area contributed by atoms with Crippen molar-refractivity contribution in [3.05, 3.63) is 65.2 Å². The third kappa shape index (κ3) is 5.36. The van der Waals surface area contributed by atoms with Gasteiger partial charge in [0.05, 0.1) is 0 Å². The van der Waals surface area contributed by atoms with Gasteiger partial charge in [0.1, 0.15) is 12.4 Å². The fraction of sp³-hybridized carbons (Fsp3) is 0.286. The molecule has 142 valence electrons. The van der Waals surface area contributed by atoms with Gasteiger partial charge in [-0.25, -0.2) is 8.78 Å². The van der Waals surface area contributed by atoms with Crippen LogP contribution in [-0.2, 0) is 11.2 Å². The number of allylic oxidation sites excluding steroid dienone is 1. The van der Waals surface area contributed by atoms with Gasteiger partial charge in [-0.2, -0.15) is 0 Å². The van der Waals surface area contributed by atoms with Crippen molar-refractivity contribution in [1.29, 1.82) is 0 Å². The lowest BCUT2D eigenvalue weighted by Gasteiger charge is -2.11. The first kappa shape index (κ1) is 19.5. The summed E-state index contributed by atoms with van der Waals surface area (Å²) in [5, 5.41) is 9.72. The summed E-state index contributed by atoms with van der Waals surface area (Å²) >= 11 is 0. The second-order valence-corrected chi connectivity index (χ2v) is 7.41. The van der Waals surface area contributed by atoms with Gasteiger partial charge in [0.2, 0.25) is 0 Å². The van der Waals surface area contributed by atoms with Crippen molar-refractivity contribution in [1.82, 2.24) is 0 Å². The Morgan fingerprint density at radius 1 is 1.07 bits per heavy atom. The van der Waals surface area contributed by atoms with Crippen LogP contribution in [0.25, 0.3) is 5.57 Å². The number of rotatable bonds is 7. The first-order chi connectivity index (χ1) is 12.8. The molecule has 0 aliphatic heterocycles. The topological polar surface area (TPSA) is 46.5 Å². The summed E-state index contributed by atoms with van der Waals surface area (Å²) in [5.41, 5.74) is 2.98. The molecule has 1 unspecified atom stereocenters. The van der Waals surface area contributed by atoms with Gasteiger partial charge < -0.3 is 9.84 Å². The van der Waals surface area contributed by atoms with E-state index in [1.165, 1.54) is 0 Å². The number of halogens is 2. The maximum atomic E-state index is 14.0. The molecule has 0 aromatic heterocycles. The second-order valence-electron chi connectivity index (χ2n) is 6.74. The van der Waals surface area contributed by atoms with Gasteiger partial charge in [-0.3, -0.25) is 4.79 Å². The Hall–Kier alpha value is -2.26. The summed E-state index contributed by atoms with van der Waals surface area (Å²) in [7, 11) is 2.58. The van der Waals surface area contributed by atoms with Crippen molar-refractivity contribution in [2.45, 2.75) is 31.6 Å². The van der Waals surface area contributed by atoms with Gasteiger partial charge in [-0.1, -0.05) is 36.4 Å². The molecule has 0 saturated heterocycles. The molecule has 0 spiro atoms. The summed E-state index contributed by atoms with van der Waals surface area (Å²) in [4.78, 5) is 10.6. The Balaban J connectivity index is 1.69. The maximum Gasteiger partial charge on any atom is 0.303 e. The van der Waals surface area contributed by atoms with Crippen molar-refractivity contribution in [3.63, 3.8) is 0 Å². The number of alkyl halides is 2. The van der Waals surface area contributed by atoms with Crippen molar-refractivity contribution in [3.8, 4) is 5.75 Å². The zero-order valence-corrected chi connectivity index (χ0v) is 15.9. The van der Waals surface area contributed by atoms with Gasteiger partial charge >= 0.3 is 5.97 Å². The van der Waals surface area contributed by atoms with E-state index < -0.39 is 11.9 Å². The van der Waals surface area contributed by atoms with Crippen LogP contribution in [0.4, 0.5) is 8.78 Å². The smallest absolute Gasteiger partial charge is 0.303 e. The molecular formula is C21H21F2O3P. The molecule has 0 bridgehead atoms. The van der Waals surface area contributed by atoms with Crippen LogP contribution in [0.2, 0.25) is 0 Å². The minimum Gasteiger partial charge on any atom is -0.489 e. The number of aliphatic carboxylic acids is 1. The molecule has 27 heavy (non-hydrogen) atoms. The number of aryl methyl sites for hydroxylation is 1. The van der Waals surface area contributed by atoms with Crippen LogP contribution >= 0.6 is 9.24 Å². The fourth-order valence-corrected chi connectivity index (χ4v) is 3.36. The van der Waals surface area contributed by atoms with E-state index in [0.717, 1.165) is 16.4 Å². The molecule has 2 aromatic rings. The van der Waals surface area contributed by atoms with E-state index in [1.54, 1.807) is 24.3 Å². The van der Waals surface area contributed by atoms with E-state index in [-0.39, 0.29) is 25.9 Å². The van der Waals surface area contributed by atoms with E-state index >= 15 is 0 Å². The van der Waals surface area contributed by atoms with Crippen molar-refractivity contribution >= 4 is 26.1 Å². The predicted molar refractivity (Wildman–Crippen MR) is 105 cm³/mol. The maximum absolute atomic E-state index is 14.0. The monoisotopic (exact) mass is 390 g/mol. The molecule has 0 amide bonds. The van der Waals surface area contributed by atoms with Crippen LogP contribution in [0.1, 0.15) is 30.4 Å². The largest absolute Gasteiger partial charge is 0.489 e. The average molecular weight is 390 g/mol. The van der Waals surface area contributed by atoms with Gasteiger partial charge in [-0.15, -0.1) is 9.24 Å². The first-order valence-electron chi connectivity index (χ1n) is 8.70.